The molecule has 1 amide bonds. The molecule has 2 heterocycles. The van der Waals surface area contributed by atoms with Gasteiger partial charge in [-0.2, -0.15) is 8.68 Å². The van der Waals surface area contributed by atoms with Crippen molar-refractivity contribution in [3.05, 3.63) is 40.6 Å². The summed E-state index contributed by atoms with van der Waals surface area (Å²) in [5, 5.41) is 3.76. The van der Waals surface area contributed by atoms with Gasteiger partial charge in [0, 0.05) is 33.2 Å². The van der Waals surface area contributed by atoms with Crippen molar-refractivity contribution in [1.29, 1.82) is 0 Å². The molecule has 1 aromatic carbocycles. The number of hydrogen-bond donors (Lipinski definition) is 1. The molecule has 1 aromatic heterocycles. The first-order chi connectivity index (χ1) is 13.4. The maximum atomic E-state index is 13.1. The fourth-order valence-electron chi connectivity index (χ4n) is 3.94. The number of carbonyl (C=O) groups is 1. The van der Waals surface area contributed by atoms with E-state index >= 15 is 0 Å². The topological polar surface area (TPSA) is 82.6 Å². The van der Waals surface area contributed by atoms with E-state index in [-0.39, 0.29) is 5.91 Å². The second-order valence-corrected chi connectivity index (χ2v) is 9.91. The van der Waals surface area contributed by atoms with Gasteiger partial charge in [-0.1, -0.05) is 6.07 Å². The lowest BCUT2D eigenvalue weighted by atomic mass is 10.1. The summed E-state index contributed by atoms with van der Waals surface area (Å²) in [6.07, 6.45) is 3.07. The number of nitrogens with zero attached hydrogens (tertiary/aromatic N) is 3. The standard InChI is InChI=1S/C19H24N4O3S2/c1-13-17(18(20-2)27-21-13)19(24)22-8-10-23(11-9-22)28(25,26)16-7-6-14-4-3-5-15(14)12-16/h6-7,12,20H,3-5,8-11H2,1-2H3. The number of fused-ring (bicyclic) bond motifs is 1. The van der Waals surface area contributed by atoms with Crippen LogP contribution in [0.25, 0.3) is 0 Å². The SMILES string of the molecule is CNc1snc(C)c1C(=O)N1CCN(S(=O)(=O)c2ccc3c(c2)CCC3)CC1. The summed E-state index contributed by atoms with van der Waals surface area (Å²) in [5.41, 5.74) is 3.69. The Bertz CT molecular complexity index is 1010. The third-order valence-corrected chi connectivity index (χ3v) is 8.39. The van der Waals surface area contributed by atoms with Crippen LogP contribution in [0.5, 0.6) is 0 Å². The van der Waals surface area contributed by atoms with Gasteiger partial charge in [0.15, 0.2) is 0 Å². The second-order valence-electron chi connectivity index (χ2n) is 7.20. The van der Waals surface area contributed by atoms with Crippen LogP contribution in [0, 0.1) is 6.92 Å². The number of rotatable bonds is 4. The van der Waals surface area contributed by atoms with Crippen molar-refractivity contribution in [1.82, 2.24) is 13.6 Å². The first kappa shape index (κ1) is 19.4. The summed E-state index contributed by atoms with van der Waals surface area (Å²) in [7, 11) is -1.77. The number of aryl methyl sites for hydroxylation is 3. The minimum atomic E-state index is -3.53. The number of amides is 1. The zero-order valence-electron chi connectivity index (χ0n) is 16.1. The maximum absolute atomic E-state index is 13.1. The predicted octanol–water partition coefficient (Wildman–Crippen LogP) is 2.13. The molecule has 150 valence electrons. The lowest BCUT2D eigenvalue weighted by Gasteiger charge is -2.34. The Hall–Kier alpha value is -1.97. The number of piperazine rings is 1. The molecule has 0 spiro atoms. The van der Waals surface area contributed by atoms with Crippen LogP contribution in [0.4, 0.5) is 5.00 Å². The number of benzene rings is 1. The zero-order valence-corrected chi connectivity index (χ0v) is 17.7. The lowest BCUT2D eigenvalue weighted by Crippen LogP contribution is -2.50. The molecule has 7 nitrogen and oxygen atoms in total. The van der Waals surface area contributed by atoms with E-state index in [1.165, 1.54) is 21.4 Å². The van der Waals surface area contributed by atoms with Crippen molar-refractivity contribution in [2.45, 2.75) is 31.1 Å². The molecule has 1 aliphatic heterocycles. The molecule has 0 bridgehead atoms. The molecule has 0 saturated carbocycles. The monoisotopic (exact) mass is 420 g/mol. The van der Waals surface area contributed by atoms with Crippen LogP contribution >= 0.6 is 11.5 Å². The van der Waals surface area contributed by atoms with Crippen molar-refractivity contribution in [2.75, 3.05) is 38.5 Å². The Morgan fingerprint density at radius 2 is 1.86 bits per heavy atom. The Balaban J connectivity index is 1.48. The molecule has 4 rings (SSSR count). The summed E-state index contributed by atoms with van der Waals surface area (Å²) in [5.74, 6) is -0.0924. The lowest BCUT2D eigenvalue weighted by molar-refractivity contribution is 0.0698. The molecule has 0 atom stereocenters. The highest BCUT2D eigenvalue weighted by Crippen LogP contribution is 2.28. The highest BCUT2D eigenvalue weighted by molar-refractivity contribution is 7.89. The third-order valence-electron chi connectivity index (χ3n) is 5.54. The van der Waals surface area contributed by atoms with Gasteiger partial charge in [-0.3, -0.25) is 4.79 Å². The molecule has 9 heteroatoms. The van der Waals surface area contributed by atoms with E-state index in [1.54, 1.807) is 18.0 Å². The number of sulfonamides is 1. The number of anilines is 1. The Morgan fingerprint density at radius 1 is 1.14 bits per heavy atom. The first-order valence-corrected chi connectivity index (χ1v) is 11.7. The van der Waals surface area contributed by atoms with Crippen molar-refractivity contribution < 1.29 is 13.2 Å². The molecule has 1 saturated heterocycles. The summed E-state index contributed by atoms with van der Waals surface area (Å²) in [6.45, 7) is 3.18. The van der Waals surface area contributed by atoms with Crippen LogP contribution in [0.2, 0.25) is 0 Å². The third kappa shape index (κ3) is 3.31. The highest BCUT2D eigenvalue weighted by atomic mass is 32.2. The van der Waals surface area contributed by atoms with Crippen LogP contribution < -0.4 is 5.32 Å². The minimum Gasteiger partial charge on any atom is -0.378 e. The van der Waals surface area contributed by atoms with Gasteiger partial charge in [-0.25, -0.2) is 8.42 Å². The second kappa shape index (κ2) is 7.46. The van der Waals surface area contributed by atoms with Gasteiger partial charge in [0.25, 0.3) is 5.91 Å². The van der Waals surface area contributed by atoms with Crippen molar-refractivity contribution in [2.24, 2.45) is 0 Å². The highest BCUT2D eigenvalue weighted by Gasteiger charge is 2.32. The molecule has 2 aliphatic rings. The van der Waals surface area contributed by atoms with Gasteiger partial charge in [0.1, 0.15) is 5.00 Å². The van der Waals surface area contributed by atoms with Crippen LogP contribution in [0.15, 0.2) is 23.1 Å². The van der Waals surface area contributed by atoms with Crippen LogP contribution in [0.3, 0.4) is 0 Å². The number of hydrogen-bond acceptors (Lipinski definition) is 6. The van der Waals surface area contributed by atoms with Crippen LogP contribution in [0.1, 0.15) is 33.6 Å². The molecule has 1 fully saturated rings. The Labute approximate surface area is 169 Å². The Morgan fingerprint density at radius 3 is 2.57 bits per heavy atom. The number of nitrogens with one attached hydrogen (secondary N) is 1. The van der Waals surface area contributed by atoms with Gasteiger partial charge in [-0.05, 0) is 61.0 Å². The van der Waals surface area contributed by atoms with E-state index in [1.807, 2.05) is 19.1 Å². The average molecular weight is 421 g/mol. The summed E-state index contributed by atoms with van der Waals surface area (Å²) < 4.78 is 31.8. The van der Waals surface area contributed by atoms with Crippen molar-refractivity contribution in [3.8, 4) is 0 Å². The maximum Gasteiger partial charge on any atom is 0.258 e. The summed E-state index contributed by atoms with van der Waals surface area (Å²) in [6, 6.07) is 5.49. The minimum absolute atomic E-state index is 0.0924. The van der Waals surface area contributed by atoms with E-state index in [2.05, 4.69) is 9.69 Å². The van der Waals surface area contributed by atoms with E-state index in [0.717, 1.165) is 29.8 Å². The van der Waals surface area contributed by atoms with Gasteiger partial charge < -0.3 is 10.2 Å². The molecular formula is C19H24N4O3S2. The number of carbonyl (C=O) groups excluding carboxylic acids is 1. The summed E-state index contributed by atoms with van der Waals surface area (Å²) in [4.78, 5) is 15.0. The molecule has 0 radical (unpaired) electrons. The molecule has 2 aromatic rings. The molecule has 1 aliphatic carbocycles. The number of aromatic nitrogens is 1. The average Bonchev–Trinajstić information content (AvgIpc) is 3.32. The molecule has 28 heavy (non-hydrogen) atoms. The van der Waals surface area contributed by atoms with E-state index in [0.29, 0.717) is 42.3 Å². The first-order valence-electron chi connectivity index (χ1n) is 9.47. The van der Waals surface area contributed by atoms with Gasteiger partial charge in [0.2, 0.25) is 10.0 Å². The predicted molar refractivity (Wildman–Crippen MR) is 110 cm³/mol. The Kier molecular flexibility index (Phi) is 5.15. The normalized spacial score (nSPS) is 17.6. The van der Waals surface area contributed by atoms with Gasteiger partial charge in [-0.15, -0.1) is 0 Å². The molecule has 0 unspecified atom stereocenters. The smallest absolute Gasteiger partial charge is 0.258 e. The summed E-state index contributed by atoms with van der Waals surface area (Å²) >= 11 is 1.27. The van der Waals surface area contributed by atoms with E-state index in [4.69, 9.17) is 0 Å². The fourth-order valence-corrected chi connectivity index (χ4v) is 6.15. The van der Waals surface area contributed by atoms with Crippen LogP contribution in [-0.4, -0.2) is 61.1 Å². The zero-order chi connectivity index (χ0) is 19.9. The van der Waals surface area contributed by atoms with E-state index < -0.39 is 10.0 Å². The van der Waals surface area contributed by atoms with Crippen molar-refractivity contribution in [3.63, 3.8) is 0 Å². The van der Waals surface area contributed by atoms with Crippen molar-refractivity contribution >= 4 is 32.5 Å². The molecular weight excluding hydrogens is 396 g/mol. The quantitative estimate of drug-likeness (QED) is 0.819. The largest absolute Gasteiger partial charge is 0.378 e. The van der Waals surface area contributed by atoms with Gasteiger partial charge >= 0.3 is 0 Å². The molecule has 1 N–H and O–H groups in total. The van der Waals surface area contributed by atoms with Crippen LogP contribution in [-0.2, 0) is 22.9 Å². The van der Waals surface area contributed by atoms with E-state index in [9.17, 15) is 13.2 Å². The van der Waals surface area contributed by atoms with Gasteiger partial charge in [0.05, 0.1) is 16.2 Å². The fraction of sp³-hybridized carbons (Fsp3) is 0.474.